The van der Waals surface area contributed by atoms with Gasteiger partial charge in [0.25, 0.3) is 5.91 Å². The van der Waals surface area contributed by atoms with Crippen LogP contribution < -0.4 is 10.1 Å². The summed E-state index contributed by atoms with van der Waals surface area (Å²) >= 11 is 0. The van der Waals surface area contributed by atoms with E-state index in [0.717, 1.165) is 11.3 Å². The predicted octanol–water partition coefficient (Wildman–Crippen LogP) is 1.46. The van der Waals surface area contributed by atoms with Gasteiger partial charge < -0.3 is 19.3 Å². The van der Waals surface area contributed by atoms with Gasteiger partial charge in [0.05, 0.1) is 12.8 Å². The summed E-state index contributed by atoms with van der Waals surface area (Å²) in [7, 11) is 1.58. The van der Waals surface area contributed by atoms with Crippen molar-refractivity contribution in [2.45, 2.75) is 13.5 Å². The van der Waals surface area contributed by atoms with E-state index in [1.807, 2.05) is 12.1 Å². The smallest absolute Gasteiger partial charge is 0.377 e. The van der Waals surface area contributed by atoms with Gasteiger partial charge in [0.2, 0.25) is 5.76 Å². The molecule has 0 fully saturated rings. The number of rotatable bonds is 6. The fraction of sp³-hybridized carbons (Fsp3) is 0.267. The number of carbonyl (C=O) groups is 2. The largest absolute Gasteiger partial charge is 0.497 e. The standard InChI is InChI=1S/C15H16N2O5/c1-10-7-13(22-17-10)15(19)21-9-14(18)16-8-11-3-5-12(20-2)6-4-11/h3-7H,8-9H2,1-2H3,(H,16,18). The molecule has 0 saturated heterocycles. The zero-order valence-corrected chi connectivity index (χ0v) is 12.3. The molecule has 0 aliphatic heterocycles. The quantitative estimate of drug-likeness (QED) is 0.813. The summed E-state index contributed by atoms with van der Waals surface area (Å²) in [6.45, 7) is 1.64. The third-order valence-corrected chi connectivity index (χ3v) is 2.81. The van der Waals surface area contributed by atoms with E-state index in [1.165, 1.54) is 6.07 Å². The van der Waals surface area contributed by atoms with Crippen LogP contribution in [0.15, 0.2) is 34.9 Å². The molecule has 7 nitrogen and oxygen atoms in total. The Bertz CT molecular complexity index is 648. The number of esters is 1. The molecule has 0 aliphatic carbocycles. The van der Waals surface area contributed by atoms with Crippen LogP contribution >= 0.6 is 0 Å². The van der Waals surface area contributed by atoms with Crippen LogP contribution in [0.3, 0.4) is 0 Å². The van der Waals surface area contributed by atoms with E-state index in [-0.39, 0.29) is 12.4 Å². The Kier molecular flexibility index (Phi) is 5.13. The van der Waals surface area contributed by atoms with Gasteiger partial charge in [-0.25, -0.2) is 4.79 Å². The molecule has 0 aliphatic rings. The van der Waals surface area contributed by atoms with Gasteiger partial charge in [-0.05, 0) is 24.6 Å². The second kappa shape index (κ2) is 7.26. The third kappa shape index (κ3) is 4.34. The van der Waals surface area contributed by atoms with Crippen molar-refractivity contribution in [1.29, 1.82) is 0 Å². The maximum absolute atomic E-state index is 11.6. The van der Waals surface area contributed by atoms with E-state index < -0.39 is 11.9 Å². The molecule has 1 aromatic carbocycles. The van der Waals surface area contributed by atoms with Crippen molar-refractivity contribution in [1.82, 2.24) is 10.5 Å². The summed E-state index contributed by atoms with van der Waals surface area (Å²) in [6, 6.07) is 8.71. The van der Waals surface area contributed by atoms with E-state index >= 15 is 0 Å². The minimum absolute atomic E-state index is 0.0274. The Labute approximate surface area is 127 Å². The van der Waals surface area contributed by atoms with Crippen LogP contribution in [-0.2, 0) is 16.1 Å². The molecule has 1 aromatic heterocycles. The Balaban J connectivity index is 1.74. The summed E-state index contributed by atoms with van der Waals surface area (Å²) < 4.78 is 14.6. The van der Waals surface area contributed by atoms with Crippen LogP contribution in [0.25, 0.3) is 0 Å². The molecule has 0 bridgehead atoms. The van der Waals surface area contributed by atoms with E-state index in [9.17, 15) is 9.59 Å². The number of benzene rings is 1. The summed E-state index contributed by atoms with van der Waals surface area (Å²) in [5.74, 6) is -0.410. The lowest BCUT2D eigenvalue weighted by atomic mass is 10.2. The average Bonchev–Trinajstić information content (AvgIpc) is 2.97. The van der Waals surface area contributed by atoms with E-state index in [1.54, 1.807) is 26.2 Å². The second-order valence-corrected chi connectivity index (χ2v) is 4.53. The Morgan fingerprint density at radius 2 is 2.00 bits per heavy atom. The molecule has 116 valence electrons. The van der Waals surface area contributed by atoms with Crippen molar-refractivity contribution >= 4 is 11.9 Å². The van der Waals surface area contributed by atoms with Crippen molar-refractivity contribution in [3.05, 3.63) is 47.3 Å². The molecule has 1 N–H and O–H groups in total. The molecule has 2 aromatic rings. The topological polar surface area (TPSA) is 90.7 Å². The number of carbonyl (C=O) groups excluding carboxylic acids is 2. The first kappa shape index (κ1) is 15.6. The van der Waals surface area contributed by atoms with Crippen LogP contribution in [0, 0.1) is 6.92 Å². The van der Waals surface area contributed by atoms with E-state index in [0.29, 0.717) is 12.2 Å². The van der Waals surface area contributed by atoms with Crippen molar-refractivity contribution < 1.29 is 23.6 Å². The van der Waals surface area contributed by atoms with Crippen LogP contribution in [0.5, 0.6) is 5.75 Å². The first-order valence-corrected chi connectivity index (χ1v) is 6.58. The van der Waals surface area contributed by atoms with Crippen LogP contribution in [0.4, 0.5) is 0 Å². The maximum atomic E-state index is 11.6. The Hall–Kier alpha value is -2.83. The van der Waals surface area contributed by atoms with Gasteiger partial charge in [-0.3, -0.25) is 4.79 Å². The minimum Gasteiger partial charge on any atom is -0.497 e. The highest BCUT2D eigenvalue weighted by atomic mass is 16.6. The van der Waals surface area contributed by atoms with E-state index in [4.69, 9.17) is 14.0 Å². The van der Waals surface area contributed by atoms with Gasteiger partial charge in [-0.15, -0.1) is 0 Å². The lowest BCUT2D eigenvalue weighted by Gasteiger charge is -2.06. The lowest BCUT2D eigenvalue weighted by molar-refractivity contribution is -0.124. The fourth-order valence-electron chi connectivity index (χ4n) is 1.66. The molecule has 7 heteroatoms. The third-order valence-electron chi connectivity index (χ3n) is 2.81. The minimum atomic E-state index is -0.722. The number of nitrogens with one attached hydrogen (secondary N) is 1. The first-order chi connectivity index (χ1) is 10.6. The van der Waals surface area contributed by atoms with Crippen molar-refractivity contribution in [3.63, 3.8) is 0 Å². The highest BCUT2D eigenvalue weighted by Gasteiger charge is 2.14. The van der Waals surface area contributed by atoms with Crippen LogP contribution in [-0.4, -0.2) is 30.7 Å². The monoisotopic (exact) mass is 304 g/mol. The average molecular weight is 304 g/mol. The zero-order valence-electron chi connectivity index (χ0n) is 12.3. The van der Waals surface area contributed by atoms with Gasteiger partial charge in [-0.2, -0.15) is 0 Å². The normalized spacial score (nSPS) is 10.1. The number of amides is 1. The molecule has 1 heterocycles. The number of aromatic nitrogens is 1. The summed E-state index contributed by atoms with van der Waals surface area (Å²) in [5.41, 5.74) is 1.47. The second-order valence-electron chi connectivity index (χ2n) is 4.53. The van der Waals surface area contributed by atoms with Gasteiger partial charge in [0.15, 0.2) is 6.61 Å². The molecule has 0 spiro atoms. The molecule has 0 radical (unpaired) electrons. The molecule has 0 unspecified atom stereocenters. The SMILES string of the molecule is COc1ccc(CNC(=O)COC(=O)c2cc(C)no2)cc1. The number of ether oxygens (including phenoxy) is 2. The summed E-state index contributed by atoms with van der Waals surface area (Å²) in [4.78, 5) is 23.2. The molecule has 1 amide bonds. The molecular weight excluding hydrogens is 288 g/mol. The molecule has 22 heavy (non-hydrogen) atoms. The van der Waals surface area contributed by atoms with Crippen molar-refractivity contribution in [3.8, 4) is 5.75 Å². The number of hydrogen-bond acceptors (Lipinski definition) is 6. The maximum Gasteiger partial charge on any atom is 0.377 e. The first-order valence-electron chi connectivity index (χ1n) is 6.58. The zero-order chi connectivity index (χ0) is 15.9. The predicted molar refractivity (Wildman–Crippen MR) is 76.4 cm³/mol. The van der Waals surface area contributed by atoms with Gasteiger partial charge in [0, 0.05) is 12.6 Å². The number of nitrogens with zero attached hydrogens (tertiary/aromatic N) is 1. The van der Waals surface area contributed by atoms with Crippen molar-refractivity contribution in [2.75, 3.05) is 13.7 Å². The van der Waals surface area contributed by atoms with Gasteiger partial charge >= 0.3 is 5.97 Å². The number of methoxy groups -OCH3 is 1. The lowest BCUT2D eigenvalue weighted by Crippen LogP contribution is -2.28. The fourth-order valence-corrected chi connectivity index (χ4v) is 1.66. The molecular formula is C15H16N2O5. The highest BCUT2D eigenvalue weighted by molar-refractivity contribution is 5.88. The van der Waals surface area contributed by atoms with Gasteiger partial charge in [0.1, 0.15) is 5.75 Å². The molecule has 0 saturated carbocycles. The van der Waals surface area contributed by atoms with Crippen LogP contribution in [0.2, 0.25) is 0 Å². The summed E-state index contributed by atoms with van der Waals surface area (Å²) in [6.07, 6.45) is 0. The van der Waals surface area contributed by atoms with Crippen molar-refractivity contribution in [2.24, 2.45) is 0 Å². The Morgan fingerprint density at radius 3 is 2.59 bits per heavy atom. The Morgan fingerprint density at radius 1 is 1.27 bits per heavy atom. The highest BCUT2D eigenvalue weighted by Crippen LogP contribution is 2.10. The summed E-state index contributed by atoms with van der Waals surface area (Å²) in [5, 5.41) is 6.21. The number of hydrogen-bond donors (Lipinski definition) is 1. The van der Waals surface area contributed by atoms with E-state index in [2.05, 4.69) is 10.5 Å². The number of aryl methyl sites for hydroxylation is 1. The molecule has 2 rings (SSSR count). The van der Waals surface area contributed by atoms with Crippen LogP contribution in [0.1, 0.15) is 21.8 Å². The van der Waals surface area contributed by atoms with Gasteiger partial charge in [-0.1, -0.05) is 17.3 Å². The molecule has 0 atom stereocenters.